The number of ether oxygens (including phenoxy) is 1. The Bertz CT molecular complexity index is 1290. The first kappa shape index (κ1) is 43.0. The van der Waals surface area contributed by atoms with E-state index in [-0.39, 0.29) is 75.5 Å². The van der Waals surface area contributed by atoms with E-state index in [9.17, 15) is 9.59 Å². The molecule has 0 aliphatic heterocycles. The van der Waals surface area contributed by atoms with Gasteiger partial charge in [0.15, 0.2) is 0 Å². The minimum absolute atomic E-state index is 0. The zero-order valence-corrected chi connectivity index (χ0v) is 26.9. The van der Waals surface area contributed by atoms with Gasteiger partial charge in [-0.1, -0.05) is 176 Å². The molecular formula is C40H57Ca2NO3. The number of fused-ring (bicyclic) bond motifs is 2. The van der Waals surface area contributed by atoms with Crippen molar-refractivity contribution in [3.63, 3.8) is 0 Å². The molecule has 0 spiro atoms. The molecule has 4 rings (SSSR count). The molecule has 0 aliphatic carbocycles. The van der Waals surface area contributed by atoms with Crippen LogP contribution in [0.4, 0.5) is 0 Å². The van der Waals surface area contributed by atoms with Crippen molar-refractivity contribution >= 4 is 109 Å². The van der Waals surface area contributed by atoms with Gasteiger partial charge in [-0.05, 0) is 46.6 Å². The zero-order valence-electron chi connectivity index (χ0n) is 26.9. The van der Waals surface area contributed by atoms with Crippen LogP contribution in [0.25, 0.3) is 21.5 Å². The first-order chi connectivity index (χ1) is 21.7. The molecule has 46 heavy (non-hydrogen) atoms. The molecule has 4 aromatic rings. The summed E-state index contributed by atoms with van der Waals surface area (Å²) in [5.41, 5.74) is 6.25. The average Bonchev–Trinajstić information content (AvgIpc) is 3.06. The molecule has 0 saturated carbocycles. The summed E-state index contributed by atoms with van der Waals surface area (Å²) in [6, 6.07) is 25.7. The van der Waals surface area contributed by atoms with Crippen molar-refractivity contribution in [1.82, 2.24) is 0 Å². The van der Waals surface area contributed by atoms with Crippen molar-refractivity contribution in [2.24, 2.45) is 5.73 Å². The topological polar surface area (TPSA) is 69.4 Å². The quantitative estimate of drug-likeness (QED) is 0.0493. The summed E-state index contributed by atoms with van der Waals surface area (Å²) in [5, 5.41) is 3.38. The maximum atomic E-state index is 12.5. The molecular weight excluding hydrogens is 623 g/mol. The summed E-state index contributed by atoms with van der Waals surface area (Å²) in [6.07, 6.45) is 22.9. The Morgan fingerprint density at radius 3 is 1.17 bits per heavy atom. The van der Waals surface area contributed by atoms with Gasteiger partial charge in [0.1, 0.15) is 0 Å². The number of carbonyl (C=O) groups is 2. The van der Waals surface area contributed by atoms with Crippen LogP contribution >= 0.6 is 0 Å². The maximum absolute atomic E-state index is 12.5. The van der Waals surface area contributed by atoms with Crippen molar-refractivity contribution in [1.29, 1.82) is 0 Å². The molecule has 0 aliphatic rings. The summed E-state index contributed by atoms with van der Waals surface area (Å²) in [4.78, 5) is 25.1. The second-order valence-electron chi connectivity index (χ2n) is 11.8. The number of hydrogen-bond acceptors (Lipinski definition) is 4. The van der Waals surface area contributed by atoms with Crippen LogP contribution in [0, 0.1) is 0 Å². The van der Waals surface area contributed by atoms with E-state index in [1.54, 1.807) is 24.3 Å². The number of carbonyl (C=O) groups excluding carboxylic acids is 2. The van der Waals surface area contributed by atoms with Gasteiger partial charge in [0.2, 0.25) is 0 Å². The summed E-state index contributed by atoms with van der Waals surface area (Å²) in [7, 11) is 0. The van der Waals surface area contributed by atoms with Gasteiger partial charge < -0.3 is 10.5 Å². The van der Waals surface area contributed by atoms with Gasteiger partial charge in [0.25, 0.3) is 0 Å². The van der Waals surface area contributed by atoms with E-state index in [1.807, 2.05) is 60.7 Å². The van der Waals surface area contributed by atoms with Gasteiger partial charge in [-0.15, -0.1) is 0 Å². The fourth-order valence-corrected chi connectivity index (χ4v) is 5.69. The van der Waals surface area contributed by atoms with Crippen LogP contribution < -0.4 is 5.73 Å². The van der Waals surface area contributed by atoms with E-state index < -0.39 is 11.9 Å². The van der Waals surface area contributed by atoms with Gasteiger partial charge >= 0.3 is 87.4 Å². The molecule has 0 amide bonds. The Balaban J connectivity index is 0.000000460. The molecule has 0 fully saturated rings. The second-order valence-corrected chi connectivity index (χ2v) is 11.8. The first-order valence-electron chi connectivity index (χ1n) is 17.1. The molecule has 0 unspecified atom stereocenters. The van der Waals surface area contributed by atoms with Crippen LogP contribution in [0.3, 0.4) is 0 Å². The third kappa shape index (κ3) is 15.9. The summed E-state index contributed by atoms with van der Waals surface area (Å²) in [6.45, 7) is 3.16. The standard InChI is InChI=1S/C22H14O3.C18H39N.2Ca.4H/c23-21(19-13-5-9-15-7-1-3-11-17(15)19)25-22(24)20-14-6-10-16-8-2-4-12-18(16)20;1-2-3-4-5-6-7-8-9-10-11-12-13-14-15-16-17-18-19;;;;;;/h1-14H;2-19H2,1H3;;;;;;. The number of esters is 2. The second kappa shape index (κ2) is 26.9. The SMILES string of the molecule is CCCCCCCCCCCCCCCCCCN.O=C(OC(=O)c1cccc2ccccc12)c1cccc2ccccc12.[CaH2].[CaH2]. The molecule has 0 bridgehead atoms. The Morgan fingerprint density at radius 1 is 0.478 bits per heavy atom. The van der Waals surface area contributed by atoms with Gasteiger partial charge in [-0.2, -0.15) is 0 Å². The van der Waals surface area contributed by atoms with Crippen molar-refractivity contribution < 1.29 is 14.3 Å². The van der Waals surface area contributed by atoms with Crippen molar-refractivity contribution in [3.8, 4) is 0 Å². The predicted molar refractivity (Wildman–Crippen MR) is 203 cm³/mol. The molecule has 2 N–H and O–H groups in total. The van der Waals surface area contributed by atoms with Crippen molar-refractivity contribution in [2.75, 3.05) is 6.54 Å². The fraction of sp³-hybridized carbons (Fsp3) is 0.450. The van der Waals surface area contributed by atoms with Crippen LogP contribution in [0.1, 0.15) is 130 Å². The fourth-order valence-electron chi connectivity index (χ4n) is 5.69. The molecule has 0 heterocycles. The van der Waals surface area contributed by atoms with E-state index in [0.717, 1.165) is 28.1 Å². The van der Waals surface area contributed by atoms with Crippen LogP contribution in [-0.2, 0) is 4.74 Å². The Morgan fingerprint density at radius 2 is 0.804 bits per heavy atom. The average molecular weight is 680 g/mol. The summed E-state index contributed by atoms with van der Waals surface area (Å²) in [5.74, 6) is -1.29. The number of benzene rings is 4. The predicted octanol–water partition coefficient (Wildman–Crippen LogP) is 9.36. The molecule has 6 heteroatoms. The molecule has 0 aromatic heterocycles. The third-order valence-electron chi connectivity index (χ3n) is 8.26. The van der Waals surface area contributed by atoms with Gasteiger partial charge in [-0.25, -0.2) is 9.59 Å². The summed E-state index contributed by atoms with van der Waals surface area (Å²) < 4.78 is 5.16. The molecule has 4 aromatic carbocycles. The van der Waals surface area contributed by atoms with E-state index in [1.165, 1.54) is 103 Å². The Kier molecular flexibility index (Phi) is 25.2. The molecule has 0 atom stereocenters. The van der Waals surface area contributed by atoms with Gasteiger partial charge in [0.05, 0.1) is 11.1 Å². The molecule has 244 valence electrons. The number of unbranched alkanes of at least 4 members (excludes halogenated alkanes) is 15. The van der Waals surface area contributed by atoms with E-state index in [4.69, 9.17) is 10.5 Å². The zero-order chi connectivity index (χ0) is 31.2. The number of hydrogen-bond donors (Lipinski definition) is 1. The summed E-state index contributed by atoms with van der Waals surface area (Å²) >= 11 is 0. The molecule has 4 nitrogen and oxygen atoms in total. The van der Waals surface area contributed by atoms with Crippen LogP contribution in [-0.4, -0.2) is 94.0 Å². The first-order valence-corrected chi connectivity index (χ1v) is 17.1. The van der Waals surface area contributed by atoms with Gasteiger partial charge in [-0.3, -0.25) is 0 Å². The Labute approximate surface area is 337 Å². The number of rotatable bonds is 18. The van der Waals surface area contributed by atoms with Crippen LogP contribution in [0.5, 0.6) is 0 Å². The van der Waals surface area contributed by atoms with Gasteiger partial charge in [0, 0.05) is 0 Å². The molecule has 0 saturated heterocycles. The number of nitrogens with two attached hydrogens (primary N) is 1. The van der Waals surface area contributed by atoms with Crippen molar-refractivity contribution in [3.05, 3.63) is 96.1 Å². The van der Waals surface area contributed by atoms with E-state index in [2.05, 4.69) is 6.92 Å². The monoisotopic (exact) mass is 679 g/mol. The Hall–Kier alpha value is -0.981. The molecule has 0 radical (unpaired) electrons. The normalized spacial score (nSPS) is 10.4. The van der Waals surface area contributed by atoms with Crippen LogP contribution in [0.2, 0.25) is 0 Å². The van der Waals surface area contributed by atoms with Crippen LogP contribution in [0.15, 0.2) is 84.9 Å². The van der Waals surface area contributed by atoms with E-state index in [0.29, 0.717) is 11.1 Å². The third-order valence-corrected chi connectivity index (χ3v) is 8.26. The van der Waals surface area contributed by atoms with E-state index >= 15 is 0 Å². The minimum atomic E-state index is -0.644. The van der Waals surface area contributed by atoms with Crippen molar-refractivity contribution in [2.45, 2.75) is 110 Å².